The average molecular weight is 402 g/mol. The largest absolute Gasteiger partial charge is 0.311 e. The summed E-state index contributed by atoms with van der Waals surface area (Å²) in [6.07, 6.45) is 5.93. The second kappa shape index (κ2) is 8.65. The predicted octanol–water partition coefficient (Wildman–Crippen LogP) is 8.34. The van der Waals surface area contributed by atoms with E-state index >= 15 is 0 Å². The molecule has 1 heteroatoms. The lowest BCUT2D eigenvalue weighted by atomic mass is 9.86. The Balaban J connectivity index is 1.50. The molecule has 0 heterocycles. The SMILES string of the molecule is Cc1ccc(N(c2ccccc2)c2ccc(/C=C3/CCCc4ccccc43)cc2)cc1. The summed E-state index contributed by atoms with van der Waals surface area (Å²) >= 11 is 0. The standard InChI is InChI=1S/C30H27N/c1-23-14-18-28(19-15-23)31(27-11-3-2-4-12-27)29-20-16-24(17-21-29)22-26-10-7-9-25-8-5-6-13-30(25)26/h2-6,8,11-22H,7,9-10H2,1H3/b26-22-. The Morgan fingerprint density at radius 1 is 0.613 bits per heavy atom. The van der Waals surface area contributed by atoms with Gasteiger partial charge >= 0.3 is 0 Å². The van der Waals surface area contributed by atoms with Crippen LogP contribution < -0.4 is 4.90 Å². The first-order valence-corrected chi connectivity index (χ1v) is 11.1. The Bertz CT molecular complexity index is 1190. The van der Waals surface area contributed by atoms with Gasteiger partial charge in [-0.2, -0.15) is 0 Å². The van der Waals surface area contributed by atoms with Gasteiger partial charge in [0.1, 0.15) is 0 Å². The average Bonchev–Trinajstić information content (AvgIpc) is 2.83. The van der Waals surface area contributed by atoms with E-state index in [0.717, 1.165) is 6.42 Å². The van der Waals surface area contributed by atoms with Crippen molar-refractivity contribution >= 4 is 28.7 Å². The van der Waals surface area contributed by atoms with E-state index in [-0.39, 0.29) is 0 Å². The maximum Gasteiger partial charge on any atom is 0.0462 e. The van der Waals surface area contributed by atoms with Crippen LogP contribution in [-0.2, 0) is 6.42 Å². The van der Waals surface area contributed by atoms with Crippen molar-refractivity contribution < 1.29 is 0 Å². The number of nitrogens with zero attached hydrogens (tertiary/aromatic N) is 1. The molecular formula is C30H27N. The number of anilines is 3. The molecule has 0 aliphatic heterocycles. The number of hydrogen-bond acceptors (Lipinski definition) is 1. The first kappa shape index (κ1) is 19.4. The highest BCUT2D eigenvalue weighted by atomic mass is 15.1. The molecule has 0 saturated carbocycles. The van der Waals surface area contributed by atoms with E-state index in [1.54, 1.807) is 0 Å². The van der Waals surface area contributed by atoms with Gasteiger partial charge < -0.3 is 4.90 Å². The third-order valence-corrected chi connectivity index (χ3v) is 6.05. The number of fused-ring (bicyclic) bond motifs is 1. The molecule has 152 valence electrons. The van der Waals surface area contributed by atoms with Gasteiger partial charge in [0.15, 0.2) is 0 Å². The van der Waals surface area contributed by atoms with E-state index in [1.165, 1.54) is 57.7 Å². The summed E-state index contributed by atoms with van der Waals surface area (Å²) in [5, 5.41) is 0. The van der Waals surface area contributed by atoms with Gasteiger partial charge in [0.25, 0.3) is 0 Å². The lowest BCUT2D eigenvalue weighted by Gasteiger charge is -2.25. The van der Waals surface area contributed by atoms with Gasteiger partial charge in [-0.25, -0.2) is 0 Å². The summed E-state index contributed by atoms with van der Waals surface area (Å²) in [6.45, 7) is 2.13. The Morgan fingerprint density at radius 2 is 1.23 bits per heavy atom. The topological polar surface area (TPSA) is 3.24 Å². The van der Waals surface area contributed by atoms with Crippen molar-refractivity contribution in [2.45, 2.75) is 26.2 Å². The normalized spacial score (nSPS) is 14.3. The summed E-state index contributed by atoms with van der Waals surface area (Å²) in [5.41, 5.74) is 10.4. The summed E-state index contributed by atoms with van der Waals surface area (Å²) < 4.78 is 0. The maximum atomic E-state index is 2.36. The zero-order valence-electron chi connectivity index (χ0n) is 18.0. The number of hydrogen-bond donors (Lipinski definition) is 0. The second-order valence-corrected chi connectivity index (χ2v) is 8.28. The van der Waals surface area contributed by atoms with Crippen LogP contribution in [0.25, 0.3) is 11.6 Å². The van der Waals surface area contributed by atoms with Crippen LogP contribution in [0.5, 0.6) is 0 Å². The van der Waals surface area contributed by atoms with E-state index < -0.39 is 0 Å². The zero-order valence-corrected chi connectivity index (χ0v) is 18.0. The first-order valence-electron chi connectivity index (χ1n) is 11.1. The van der Waals surface area contributed by atoms with E-state index in [0.29, 0.717) is 0 Å². The number of para-hydroxylation sites is 1. The quantitative estimate of drug-likeness (QED) is 0.332. The third-order valence-electron chi connectivity index (χ3n) is 6.05. The van der Waals surface area contributed by atoms with Gasteiger partial charge in [0.2, 0.25) is 0 Å². The lowest BCUT2D eigenvalue weighted by Crippen LogP contribution is -2.09. The first-order chi connectivity index (χ1) is 15.3. The van der Waals surface area contributed by atoms with Crippen LogP contribution >= 0.6 is 0 Å². The molecule has 0 aromatic heterocycles. The predicted molar refractivity (Wildman–Crippen MR) is 133 cm³/mol. The minimum Gasteiger partial charge on any atom is -0.311 e. The van der Waals surface area contributed by atoms with Crippen molar-refractivity contribution in [2.75, 3.05) is 4.90 Å². The molecular weight excluding hydrogens is 374 g/mol. The molecule has 4 aromatic rings. The van der Waals surface area contributed by atoms with Gasteiger partial charge in [-0.15, -0.1) is 0 Å². The molecule has 1 aliphatic carbocycles. The fraction of sp³-hybridized carbons (Fsp3) is 0.133. The van der Waals surface area contributed by atoms with Crippen LogP contribution in [-0.4, -0.2) is 0 Å². The van der Waals surface area contributed by atoms with Crippen LogP contribution in [0, 0.1) is 6.92 Å². The van der Waals surface area contributed by atoms with Crippen molar-refractivity contribution in [1.29, 1.82) is 0 Å². The molecule has 0 atom stereocenters. The fourth-order valence-electron chi connectivity index (χ4n) is 4.44. The van der Waals surface area contributed by atoms with E-state index in [2.05, 4.69) is 121 Å². The Kier molecular flexibility index (Phi) is 5.41. The monoisotopic (exact) mass is 401 g/mol. The number of benzene rings is 4. The van der Waals surface area contributed by atoms with E-state index in [1.807, 2.05) is 0 Å². The van der Waals surface area contributed by atoms with Crippen LogP contribution in [0.4, 0.5) is 17.1 Å². The Labute approximate surface area is 185 Å². The molecule has 0 N–H and O–H groups in total. The molecule has 0 saturated heterocycles. The zero-order chi connectivity index (χ0) is 21.0. The molecule has 4 aromatic carbocycles. The van der Waals surface area contributed by atoms with Crippen LogP contribution in [0.2, 0.25) is 0 Å². The van der Waals surface area contributed by atoms with Gasteiger partial charge in [-0.1, -0.05) is 78.4 Å². The summed E-state index contributed by atoms with van der Waals surface area (Å²) in [4.78, 5) is 2.31. The maximum absolute atomic E-state index is 2.36. The highest BCUT2D eigenvalue weighted by Crippen LogP contribution is 2.36. The Morgan fingerprint density at radius 3 is 1.97 bits per heavy atom. The van der Waals surface area contributed by atoms with Gasteiger partial charge in [0.05, 0.1) is 0 Å². The highest BCUT2D eigenvalue weighted by Gasteiger charge is 2.14. The van der Waals surface area contributed by atoms with Crippen molar-refractivity contribution in [3.05, 3.63) is 125 Å². The van der Waals surface area contributed by atoms with Gasteiger partial charge in [-0.05, 0) is 84.8 Å². The Hall–Kier alpha value is -3.58. The van der Waals surface area contributed by atoms with Crippen molar-refractivity contribution in [3.8, 4) is 0 Å². The van der Waals surface area contributed by atoms with Crippen LogP contribution in [0.15, 0.2) is 103 Å². The molecule has 31 heavy (non-hydrogen) atoms. The molecule has 0 unspecified atom stereocenters. The summed E-state index contributed by atoms with van der Waals surface area (Å²) in [7, 11) is 0. The molecule has 0 amide bonds. The van der Waals surface area contributed by atoms with E-state index in [9.17, 15) is 0 Å². The van der Waals surface area contributed by atoms with Crippen molar-refractivity contribution in [2.24, 2.45) is 0 Å². The molecule has 1 aliphatic rings. The summed E-state index contributed by atoms with van der Waals surface area (Å²) in [5.74, 6) is 0. The van der Waals surface area contributed by atoms with Gasteiger partial charge in [0, 0.05) is 17.1 Å². The molecule has 0 fully saturated rings. The number of rotatable bonds is 4. The van der Waals surface area contributed by atoms with Gasteiger partial charge in [-0.3, -0.25) is 0 Å². The molecule has 0 bridgehead atoms. The van der Waals surface area contributed by atoms with Crippen LogP contribution in [0.1, 0.15) is 35.1 Å². The lowest BCUT2D eigenvalue weighted by molar-refractivity contribution is 0.824. The second-order valence-electron chi connectivity index (χ2n) is 8.28. The van der Waals surface area contributed by atoms with Crippen molar-refractivity contribution in [3.63, 3.8) is 0 Å². The number of aryl methyl sites for hydroxylation is 2. The molecule has 5 rings (SSSR count). The van der Waals surface area contributed by atoms with Crippen LogP contribution in [0.3, 0.4) is 0 Å². The highest BCUT2D eigenvalue weighted by molar-refractivity contribution is 5.84. The smallest absolute Gasteiger partial charge is 0.0462 e. The van der Waals surface area contributed by atoms with E-state index in [4.69, 9.17) is 0 Å². The summed E-state index contributed by atoms with van der Waals surface area (Å²) in [6, 6.07) is 37.1. The third kappa shape index (κ3) is 4.18. The minimum absolute atomic E-state index is 1.15. The molecule has 1 nitrogen and oxygen atoms in total. The number of allylic oxidation sites excluding steroid dienone is 1. The van der Waals surface area contributed by atoms with Crippen molar-refractivity contribution in [1.82, 2.24) is 0 Å². The minimum atomic E-state index is 1.15. The fourth-order valence-corrected chi connectivity index (χ4v) is 4.44. The molecule has 0 radical (unpaired) electrons. The molecule has 0 spiro atoms.